The number of amides is 1. The van der Waals surface area contributed by atoms with Crippen LogP contribution < -0.4 is 11.0 Å². The lowest BCUT2D eigenvalue weighted by molar-refractivity contribution is -0.137. The number of H-pyrrole nitrogens is 1. The Kier molecular flexibility index (Phi) is 4.55. The molecule has 0 fully saturated rings. The van der Waals surface area contributed by atoms with Gasteiger partial charge in [-0.3, -0.25) is 14.2 Å². The maximum Gasteiger partial charge on any atom is 0.330 e. The number of hydrogen-bond acceptors (Lipinski definition) is 3. The van der Waals surface area contributed by atoms with E-state index in [0.29, 0.717) is 17.8 Å². The van der Waals surface area contributed by atoms with Gasteiger partial charge in [-0.2, -0.15) is 0 Å². The maximum atomic E-state index is 11.6. The van der Waals surface area contributed by atoms with Crippen LogP contribution in [0.3, 0.4) is 0 Å². The highest BCUT2D eigenvalue weighted by Gasteiger charge is 2.05. The molecule has 3 N–H and O–H groups in total. The number of aliphatic carboxylic acids is 1. The number of aromatic amines is 1. The lowest BCUT2D eigenvalue weighted by Gasteiger charge is -2.06. The molecule has 0 aliphatic rings. The number of aromatic nitrogens is 2. The number of carbonyl (C=O) groups excluding carboxylic acids is 1. The van der Waals surface area contributed by atoms with E-state index in [1.807, 2.05) is 0 Å². The Morgan fingerprint density at radius 2 is 1.90 bits per heavy atom. The van der Waals surface area contributed by atoms with Crippen molar-refractivity contribution in [3.8, 4) is 5.69 Å². The van der Waals surface area contributed by atoms with E-state index in [0.717, 1.165) is 0 Å². The smallest absolute Gasteiger partial charge is 0.330 e. The highest BCUT2D eigenvalue weighted by molar-refractivity contribution is 5.90. The monoisotopic (exact) mass is 289 g/mol. The summed E-state index contributed by atoms with van der Waals surface area (Å²) in [5.41, 5.74) is 1.05. The van der Waals surface area contributed by atoms with E-state index in [1.54, 1.807) is 36.7 Å². The summed E-state index contributed by atoms with van der Waals surface area (Å²) in [7, 11) is 0. The topological polar surface area (TPSA) is 104 Å². The summed E-state index contributed by atoms with van der Waals surface area (Å²) in [6.45, 7) is 0. The third-order valence-electron chi connectivity index (χ3n) is 2.87. The van der Waals surface area contributed by atoms with Crippen molar-refractivity contribution in [2.45, 2.75) is 19.3 Å². The summed E-state index contributed by atoms with van der Waals surface area (Å²) in [5, 5.41) is 11.2. The van der Waals surface area contributed by atoms with Gasteiger partial charge in [0.1, 0.15) is 0 Å². The van der Waals surface area contributed by atoms with Crippen LogP contribution in [-0.2, 0) is 9.59 Å². The van der Waals surface area contributed by atoms with Crippen LogP contribution in [0.5, 0.6) is 0 Å². The minimum atomic E-state index is -0.913. The first kappa shape index (κ1) is 14.6. The molecule has 0 saturated carbocycles. The molecule has 21 heavy (non-hydrogen) atoms. The summed E-state index contributed by atoms with van der Waals surface area (Å²) in [5.74, 6) is -1.15. The molecule has 0 spiro atoms. The van der Waals surface area contributed by atoms with Gasteiger partial charge in [0.15, 0.2) is 0 Å². The van der Waals surface area contributed by atoms with Crippen LogP contribution in [0.25, 0.3) is 5.69 Å². The van der Waals surface area contributed by atoms with Crippen LogP contribution in [0, 0.1) is 0 Å². The molecule has 7 heteroatoms. The van der Waals surface area contributed by atoms with E-state index >= 15 is 0 Å². The first-order valence-electron chi connectivity index (χ1n) is 6.44. The number of nitrogens with zero attached hydrogens (tertiary/aromatic N) is 1. The fourth-order valence-corrected chi connectivity index (χ4v) is 1.85. The second-order valence-corrected chi connectivity index (χ2v) is 4.48. The summed E-state index contributed by atoms with van der Waals surface area (Å²) < 4.78 is 1.44. The third-order valence-corrected chi connectivity index (χ3v) is 2.87. The number of anilines is 1. The van der Waals surface area contributed by atoms with E-state index in [2.05, 4.69) is 10.3 Å². The van der Waals surface area contributed by atoms with E-state index in [-0.39, 0.29) is 24.4 Å². The Balaban J connectivity index is 1.94. The number of carbonyl (C=O) groups is 2. The lowest BCUT2D eigenvalue weighted by atomic mass is 10.2. The average Bonchev–Trinajstić information content (AvgIpc) is 2.85. The summed E-state index contributed by atoms with van der Waals surface area (Å²) in [4.78, 5) is 35.9. The number of rotatable bonds is 6. The zero-order valence-corrected chi connectivity index (χ0v) is 11.2. The van der Waals surface area contributed by atoms with Crippen LogP contribution >= 0.6 is 0 Å². The van der Waals surface area contributed by atoms with E-state index in [4.69, 9.17) is 5.11 Å². The molecular weight excluding hydrogens is 274 g/mol. The normalized spacial score (nSPS) is 10.3. The van der Waals surface area contributed by atoms with Gasteiger partial charge in [-0.25, -0.2) is 4.79 Å². The lowest BCUT2D eigenvalue weighted by Crippen LogP contribution is -2.14. The summed E-state index contributed by atoms with van der Waals surface area (Å²) >= 11 is 0. The Morgan fingerprint density at radius 1 is 1.19 bits per heavy atom. The van der Waals surface area contributed by atoms with Gasteiger partial charge in [-0.05, 0) is 30.7 Å². The second-order valence-electron chi connectivity index (χ2n) is 4.48. The van der Waals surface area contributed by atoms with Gasteiger partial charge in [0, 0.05) is 30.9 Å². The standard InChI is InChI=1S/C14H15N3O4/c18-12(2-1-3-13(19)20)16-10-4-6-11(7-5-10)17-9-8-15-14(17)21/h4-9H,1-3H2,(H,15,21)(H,16,18)(H,19,20). The largest absolute Gasteiger partial charge is 0.481 e. The molecule has 0 unspecified atom stereocenters. The van der Waals surface area contributed by atoms with Gasteiger partial charge in [-0.15, -0.1) is 0 Å². The first-order chi connectivity index (χ1) is 10.1. The van der Waals surface area contributed by atoms with Crippen LogP contribution in [0.15, 0.2) is 41.5 Å². The molecule has 0 atom stereocenters. The van der Waals surface area contributed by atoms with Crippen molar-refractivity contribution in [2.75, 3.05) is 5.32 Å². The molecule has 1 amide bonds. The third kappa shape index (κ3) is 4.07. The molecule has 0 radical (unpaired) electrons. The van der Waals surface area contributed by atoms with E-state index < -0.39 is 5.97 Å². The molecule has 2 aromatic rings. The van der Waals surface area contributed by atoms with Gasteiger partial charge in [0.25, 0.3) is 0 Å². The van der Waals surface area contributed by atoms with Crippen LogP contribution in [-0.4, -0.2) is 26.5 Å². The van der Waals surface area contributed by atoms with Crippen LogP contribution in [0.2, 0.25) is 0 Å². The van der Waals surface area contributed by atoms with Crippen molar-refractivity contribution < 1.29 is 14.7 Å². The SMILES string of the molecule is O=C(O)CCCC(=O)Nc1ccc(-n2cc[nH]c2=O)cc1. The highest BCUT2D eigenvalue weighted by atomic mass is 16.4. The number of benzene rings is 1. The molecule has 7 nitrogen and oxygen atoms in total. The van der Waals surface area contributed by atoms with Crippen molar-refractivity contribution in [1.29, 1.82) is 0 Å². The van der Waals surface area contributed by atoms with Gasteiger partial charge in [0.2, 0.25) is 5.91 Å². The molecule has 0 saturated heterocycles. The van der Waals surface area contributed by atoms with Gasteiger partial charge < -0.3 is 15.4 Å². The zero-order valence-electron chi connectivity index (χ0n) is 11.2. The molecular formula is C14H15N3O4. The zero-order chi connectivity index (χ0) is 15.2. The summed E-state index contributed by atoms with van der Waals surface area (Å²) in [6.07, 6.45) is 3.59. The van der Waals surface area contributed by atoms with Crippen LogP contribution in [0.1, 0.15) is 19.3 Å². The second kappa shape index (κ2) is 6.56. The minimum Gasteiger partial charge on any atom is -0.481 e. The number of carboxylic acids is 1. The molecule has 0 bridgehead atoms. The fourth-order valence-electron chi connectivity index (χ4n) is 1.85. The Labute approximate surface area is 120 Å². The molecule has 0 aliphatic heterocycles. The predicted molar refractivity (Wildman–Crippen MR) is 76.5 cm³/mol. The van der Waals surface area contributed by atoms with Gasteiger partial charge in [-0.1, -0.05) is 0 Å². The molecule has 0 aliphatic carbocycles. The average molecular weight is 289 g/mol. The number of hydrogen-bond donors (Lipinski definition) is 3. The van der Waals surface area contributed by atoms with E-state index in [1.165, 1.54) is 4.57 Å². The van der Waals surface area contributed by atoms with Crippen molar-refractivity contribution in [3.63, 3.8) is 0 Å². The predicted octanol–water partition coefficient (Wildman–Crippen LogP) is 1.36. The van der Waals surface area contributed by atoms with E-state index in [9.17, 15) is 14.4 Å². The summed E-state index contributed by atoms with van der Waals surface area (Å²) in [6, 6.07) is 6.79. The Bertz CT molecular complexity index is 685. The van der Waals surface area contributed by atoms with Gasteiger partial charge >= 0.3 is 11.7 Å². The molecule has 1 heterocycles. The van der Waals surface area contributed by atoms with Crippen molar-refractivity contribution in [1.82, 2.24) is 9.55 Å². The first-order valence-corrected chi connectivity index (χ1v) is 6.44. The molecule has 1 aromatic heterocycles. The minimum absolute atomic E-state index is 0.0250. The van der Waals surface area contributed by atoms with Crippen LogP contribution in [0.4, 0.5) is 5.69 Å². The Morgan fingerprint density at radius 3 is 2.48 bits per heavy atom. The molecule has 110 valence electrons. The van der Waals surface area contributed by atoms with Crippen molar-refractivity contribution in [2.24, 2.45) is 0 Å². The fraction of sp³-hybridized carbons (Fsp3) is 0.214. The number of carboxylic acid groups (broad SMARTS) is 1. The quantitative estimate of drug-likeness (QED) is 0.746. The maximum absolute atomic E-state index is 11.6. The van der Waals surface area contributed by atoms with Crippen molar-refractivity contribution >= 4 is 17.6 Å². The Hall–Kier alpha value is -2.83. The van der Waals surface area contributed by atoms with Gasteiger partial charge in [0.05, 0.1) is 5.69 Å². The number of nitrogens with one attached hydrogen (secondary N) is 2. The highest BCUT2D eigenvalue weighted by Crippen LogP contribution is 2.12. The molecule has 2 rings (SSSR count). The molecule has 1 aromatic carbocycles. The van der Waals surface area contributed by atoms with Crippen molar-refractivity contribution in [3.05, 3.63) is 47.1 Å². The number of imidazole rings is 1.